The number of hydrogen-bond acceptors (Lipinski definition) is 4. The molecule has 1 rings (SSSR count). The third kappa shape index (κ3) is 3.78. The predicted molar refractivity (Wildman–Crippen MR) is 67.3 cm³/mol. The lowest BCUT2D eigenvalue weighted by atomic mass is 9.98. The first-order valence-electron chi connectivity index (χ1n) is 6.59. The van der Waals surface area contributed by atoms with Crippen molar-refractivity contribution < 1.29 is 9.90 Å². The normalized spacial score (nSPS) is 14.4. The van der Waals surface area contributed by atoms with Crippen LogP contribution in [-0.2, 0) is 4.79 Å². The highest BCUT2D eigenvalue weighted by Crippen LogP contribution is 2.25. The molecule has 0 spiro atoms. The third-order valence-electron chi connectivity index (χ3n) is 3.17. The standard InChI is InChI=1S/C12H22N4O2/c1-4-6-7-10(5-2)12-13-14-15-16(12)9(3)8-11(17)18/h9-10H,4-8H2,1-3H3,(H,17,18). The largest absolute Gasteiger partial charge is 0.481 e. The maximum atomic E-state index is 10.7. The van der Waals surface area contributed by atoms with Crippen molar-refractivity contribution in [2.24, 2.45) is 0 Å². The highest BCUT2D eigenvalue weighted by atomic mass is 16.4. The number of tetrazole rings is 1. The van der Waals surface area contributed by atoms with Gasteiger partial charge in [0.2, 0.25) is 0 Å². The quantitative estimate of drug-likeness (QED) is 0.770. The summed E-state index contributed by atoms with van der Waals surface area (Å²) in [6.07, 6.45) is 4.34. The van der Waals surface area contributed by atoms with Crippen LogP contribution in [-0.4, -0.2) is 31.3 Å². The van der Waals surface area contributed by atoms with Gasteiger partial charge in [0.05, 0.1) is 12.5 Å². The summed E-state index contributed by atoms with van der Waals surface area (Å²) in [4.78, 5) is 10.7. The van der Waals surface area contributed by atoms with Crippen molar-refractivity contribution in [3.63, 3.8) is 0 Å². The molecule has 0 fully saturated rings. The van der Waals surface area contributed by atoms with Crippen LogP contribution in [0.1, 0.15) is 70.7 Å². The average molecular weight is 254 g/mol. The SMILES string of the molecule is CCCCC(CC)c1nnnn1C(C)CC(=O)O. The van der Waals surface area contributed by atoms with Crippen LogP contribution in [0.25, 0.3) is 0 Å². The number of unbranched alkanes of at least 4 members (excludes halogenated alkanes) is 1. The molecule has 0 bridgehead atoms. The summed E-state index contributed by atoms with van der Waals surface area (Å²) < 4.78 is 1.66. The summed E-state index contributed by atoms with van der Waals surface area (Å²) in [6.45, 7) is 6.10. The number of carboxylic acid groups (broad SMARTS) is 1. The number of nitrogens with zero attached hydrogens (tertiary/aromatic N) is 4. The maximum Gasteiger partial charge on any atom is 0.305 e. The summed E-state index contributed by atoms with van der Waals surface area (Å²) in [7, 11) is 0. The molecule has 1 aromatic heterocycles. The monoisotopic (exact) mass is 254 g/mol. The van der Waals surface area contributed by atoms with Crippen LogP contribution in [0.15, 0.2) is 0 Å². The Balaban J connectivity index is 2.82. The molecule has 2 unspecified atom stereocenters. The molecule has 102 valence electrons. The molecular formula is C12H22N4O2. The second-order valence-corrected chi connectivity index (χ2v) is 4.68. The van der Waals surface area contributed by atoms with Gasteiger partial charge in [0.25, 0.3) is 0 Å². The van der Waals surface area contributed by atoms with E-state index in [1.54, 1.807) is 4.68 Å². The Hall–Kier alpha value is -1.46. The van der Waals surface area contributed by atoms with Crippen LogP contribution in [0.2, 0.25) is 0 Å². The fourth-order valence-electron chi connectivity index (χ4n) is 2.09. The topological polar surface area (TPSA) is 80.9 Å². The minimum Gasteiger partial charge on any atom is -0.481 e. The van der Waals surface area contributed by atoms with Crippen molar-refractivity contribution in [2.45, 2.75) is 64.8 Å². The summed E-state index contributed by atoms with van der Waals surface area (Å²) in [5, 5.41) is 20.5. The maximum absolute atomic E-state index is 10.7. The van der Waals surface area contributed by atoms with Crippen LogP contribution in [0, 0.1) is 0 Å². The van der Waals surface area contributed by atoms with Crippen LogP contribution in [0.3, 0.4) is 0 Å². The van der Waals surface area contributed by atoms with Crippen LogP contribution >= 0.6 is 0 Å². The molecule has 2 atom stereocenters. The Morgan fingerprint density at radius 3 is 2.72 bits per heavy atom. The van der Waals surface area contributed by atoms with Gasteiger partial charge in [-0.1, -0.05) is 26.7 Å². The van der Waals surface area contributed by atoms with Gasteiger partial charge < -0.3 is 5.11 Å². The molecule has 18 heavy (non-hydrogen) atoms. The molecule has 0 saturated carbocycles. The highest BCUT2D eigenvalue weighted by molar-refractivity contribution is 5.67. The van der Waals surface area contributed by atoms with E-state index in [0.29, 0.717) is 5.92 Å². The molecule has 0 aliphatic carbocycles. The molecule has 0 saturated heterocycles. The molecule has 0 aliphatic rings. The van der Waals surface area contributed by atoms with Gasteiger partial charge in [-0.25, -0.2) is 4.68 Å². The first-order chi connectivity index (χ1) is 8.60. The summed E-state index contributed by atoms with van der Waals surface area (Å²) in [5.41, 5.74) is 0. The van der Waals surface area contributed by atoms with Crippen LogP contribution < -0.4 is 0 Å². The fraction of sp³-hybridized carbons (Fsp3) is 0.833. The number of aromatic nitrogens is 4. The number of carbonyl (C=O) groups is 1. The van der Waals surface area contributed by atoms with Gasteiger partial charge in [-0.15, -0.1) is 5.10 Å². The summed E-state index contributed by atoms with van der Waals surface area (Å²) in [6, 6.07) is -0.205. The molecule has 0 amide bonds. The van der Waals surface area contributed by atoms with E-state index in [1.807, 2.05) is 6.92 Å². The van der Waals surface area contributed by atoms with Gasteiger partial charge in [-0.3, -0.25) is 4.79 Å². The van der Waals surface area contributed by atoms with E-state index in [9.17, 15) is 4.79 Å². The molecule has 1 N–H and O–H groups in total. The Morgan fingerprint density at radius 1 is 1.44 bits per heavy atom. The smallest absolute Gasteiger partial charge is 0.305 e. The van der Waals surface area contributed by atoms with Crippen molar-refractivity contribution in [3.8, 4) is 0 Å². The zero-order valence-corrected chi connectivity index (χ0v) is 11.3. The van der Waals surface area contributed by atoms with E-state index >= 15 is 0 Å². The van der Waals surface area contributed by atoms with E-state index < -0.39 is 5.97 Å². The number of hydrogen-bond donors (Lipinski definition) is 1. The van der Waals surface area contributed by atoms with E-state index in [4.69, 9.17) is 5.11 Å². The van der Waals surface area contributed by atoms with E-state index in [2.05, 4.69) is 29.4 Å². The molecule has 0 aromatic carbocycles. The summed E-state index contributed by atoms with van der Waals surface area (Å²) >= 11 is 0. The minimum atomic E-state index is -0.828. The van der Waals surface area contributed by atoms with Crippen molar-refractivity contribution in [3.05, 3.63) is 5.82 Å². The second-order valence-electron chi connectivity index (χ2n) is 4.68. The van der Waals surface area contributed by atoms with Crippen LogP contribution in [0.5, 0.6) is 0 Å². The fourth-order valence-corrected chi connectivity index (χ4v) is 2.09. The van der Waals surface area contributed by atoms with Gasteiger partial charge in [0, 0.05) is 5.92 Å². The Bertz CT molecular complexity index is 378. The van der Waals surface area contributed by atoms with Crippen molar-refractivity contribution in [2.75, 3.05) is 0 Å². The first kappa shape index (κ1) is 14.6. The Morgan fingerprint density at radius 2 is 2.17 bits per heavy atom. The molecule has 1 aromatic rings. The average Bonchev–Trinajstić information content (AvgIpc) is 2.78. The highest BCUT2D eigenvalue weighted by Gasteiger charge is 2.21. The van der Waals surface area contributed by atoms with E-state index in [1.165, 1.54) is 0 Å². The van der Waals surface area contributed by atoms with Gasteiger partial charge in [-0.2, -0.15) is 0 Å². The summed E-state index contributed by atoms with van der Waals surface area (Å²) in [5.74, 6) is 0.307. The zero-order chi connectivity index (χ0) is 13.5. The van der Waals surface area contributed by atoms with E-state index in [0.717, 1.165) is 31.5 Å². The molecule has 0 aliphatic heterocycles. The predicted octanol–water partition coefficient (Wildman–Crippen LogP) is 2.39. The van der Waals surface area contributed by atoms with Gasteiger partial charge >= 0.3 is 5.97 Å². The molecule has 6 nitrogen and oxygen atoms in total. The minimum absolute atomic E-state index is 0.0439. The third-order valence-corrected chi connectivity index (χ3v) is 3.17. The number of aliphatic carboxylic acids is 1. The molecule has 6 heteroatoms. The van der Waals surface area contributed by atoms with Crippen LogP contribution in [0.4, 0.5) is 0 Å². The Labute approximate surface area is 107 Å². The van der Waals surface area contributed by atoms with Gasteiger partial charge in [-0.05, 0) is 30.2 Å². The number of carboxylic acids is 1. The zero-order valence-electron chi connectivity index (χ0n) is 11.3. The van der Waals surface area contributed by atoms with E-state index in [-0.39, 0.29) is 12.5 Å². The van der Waals surface area contributed by atoms with Crippen molar-refractivity contribution in [1.82, 2.24) is 20.2 Å². The second kappa shape index (κ2) is 7.08. The van der Waals surface area contributed by atoms with Gasteiger partial charge in [0.15, 0.2) is 5.82 Å². The van der Waals surface area contributed by atoms with Crippen molar-refractivity contribution >= 4 is 5.97 Å². The molecule has 0 radical (unpaired) electrons. The first-order valence-corrected chi connectivity index (χ1v) is 6.59. The lowest BCUT2D eigenvalue weighted by Crippen LogP contribution is -2.17. The number of rotatable bonds is 8. The molecular weight excluding hydrogens is 232 g/mol. The lowest BCUT2D eigenvalue weighted by Gasteiger charge is -2.17. The van der Waals surface area contributed by atoms with Crippen molar-refractivity contribution in [1.29, 1.82) is 0 Å². The van der Waals surface area contributed by atoms with Gasteiger partial charge in [0.1, 0.15) is 0 Å². The Kier molecular flexibility index (Phi) is 5.74. The lowest BCUT2D eigenvalue weighted by molar-refractivity contribution is -0.137. The molecule has 1 heterocycles.